The van der Waals surface area contributed by atoms with Crippen LogP contribution in [0.15, 0.2) is 22.7 Å². The van der Waals surface area contributed by atoms with Gasteiger partial charge in [0.05, 0.1) is 0 Å². The highest BCUT2D eigenvalue weighted by Crippen LogP contribution is 2.39. The van der Waals surface area contributed by atoms with Crippen LogP contribution in [0.3, 0.4) is 0 Å². The molecule has 0 heterocycles. The van der Waals surface area contributed by atoms with Crippen LogP contribution in [0.4, 0.5) is 0 Å². The fourth-order valence-corrected chi connectivity index (χ4v) is 4.47. The van der Waals surface area contributed by atoms with Crippen LogP contribution >= 0.6 is 27.5 Å². The van der Waals surface area contributed by atoms with Gasteiger partial charge in [-0.1, -0.05) is 47.4 Å². The predicted molar refractivity (Wildman–Crippen MR) is 95.9 cm³/mol. The van der Waals surface area contributed by atoms with E-state index in [1.165, 1.54) is 24.8 Å². The van der Waals surface area contributed by atoms with E-state index in [2.05, 4.69) is 54.3 Å². The molecule has 1 N–H and O–H groups in total. The van der Waals surface area contributed by atoms with Crippen molar-refractivity contribution in [3.05, 3.63) is 33.3 Å². The van der Waals surface area contributed by atoms with E-state index in [9.17, 15) is 0 Å². The third-order valence-electron chi connectivity index (χ3n) is 5.09. The van der Waals surface area contributed by atoms with E-state index >= 15 is 0 Å². The molecular weight excluding hydrogens is 346 g/mol. The zero-order valence-corrected chi connectivity index (χ0v) is 15.7. The van der Waals surface area contributed by atoms with Crippen molar-refractivity contribution < 1.29 is 0 Å². The highest BCUT2D eigenvalue weighted by atomic mass is 79.9. The summed E-state index contributed by atoms with van der Waals surface area (Å²) in [5, 5.41) is 4.28. The molecule has 0 saturated heterocycles. The van der Waals surface area contributed by atoms with Gasteiger partial charge in [0.25, 0.3) is 0 Å². The molecule has 3 atom stereocenters. The normalized spacial score (nSPS) is 26.3. The van der Waals surface area contributed by atoms with E-state index in [1.54, 1.807) is 0 Å². The van der Waals surface area contributed by atoms with Gasteiger partial charge in [0.1, 0.15) is 0 Å². The Morgan fingerprint density at radius 1 is 1.29 bits per heavy atom. The van der Waals surface area contributed by atoms with Gasteiger partial charge in [-0.3, -0.25) is 0 Å². The van der Waals surface area contributed by atoms with Gasteiger partial charge >= 0.3 is 0 Å². The Morgan fingerprint density at radius 3 is 2.67 bits per heavy atom. The lowest BCUT2D eigenvalue weighted by Gasteiger charge is -2.38. The Labute approximate surface area is 143 Å². The fraction of sp³-hybridized carbons (Fsp3) is 0.667. The fourth-order valence-electron chi connectivity index (χ4n) is 3.72. The summed E-state index contributed by atoms with van der Waals surface area (Å²) in [5.74, 6) is 3.20. The van der Waals surface area contributed by atoms with Crippen molar-refractivity contribution in [2.45, 2.75) is 39.5 Å². The molecule has 0 radical (unpaired) electrons. The first-order valence-corrected chi connectivity index (χ1v) is 9.26. The molecule has 1 aliphatic carbocycles. The Morgan fingerprint density at radius 2 is 2.05 bits per heavy atom. The monoisotopic (exact) mass is 371 g/mol. The summed E-state index contributed by atoms with van der Waals surface area (Å²) < 4.78 is 1.06. The topological polar surface area (TPSA) is 12.0 Å². The van der Waals surface area contributed by atoms with E-state index in [1.807, 2.05) is 6.07 Å². The number of halogens is 2. The summed E-state index contributed by atoms with van der Waals surface area (Å²) in [6, 6.07) is 6.31. The van der Waals surface area contributed by atoms with Crippen molar-refractivity contribution in [2.24, 2.45) is 23.7 Å². The lowest BCUT2D eigenvalue weighted by molar-refractivity contribution is 0.146. The molecule has 1 saturated carbocycles. The van der Waals surface area contributed by atoms with Gasteiger partial charge in [-0.2, -0.15) is 0 Å². The van der Waals surface area contributed by atoms with Gasteiger partial charge in [-0.05, 0) is 80.6 Å². The number of hydrogen-bond acceptors (Lipinski definition) is 1. The third-order valence-corrected chi connectivity index (χ3v) is 5.93. The first-order chi connectivity index (χ1) is 10.0. The molecule has 3 heteroatoms. The van der Waals surface area contributed by atoms with Gasteiger partial charge in [-0.15, -0.1) is 0 Å². The minimum absolute atomic E-state index is 0.747. The molecule has 1 nitrogen and oxygen atoms in total. The average molecular weight is 373 g/mol. The summed E-state index contributed by atoms with van der Waals surface area (Å²) in [6.07, 6.45) is 5.19. The molecule has 1 aliphatic rings. The number of nitrogens with one attached hydrogen (secondary N) is 1. The van der Waals surface area contributed by atoms with Gasteiger partial charge in [0.15, 0.2) is 0 Å². The minimum atomic E-state index is 0.747. The number of rotatable bonds is 5. The quantitative estimate of drug-likeness (QED) is 0.714. The Hall–Kier alpha value is -0.0500. The smallest absolute Gasteiger partial charge is 0.0449 e. The second-order valence-corrected chi connectivity index (χ2v) is 8.16. The van der Waals surface area contributed by atoms with E-state index in [-0.39, 0.29) is 0 Å². The van der Waals surface area contributed by atoms with Crippen LogP contribution < -0.4 is 5.32 Å². The Kier molecular flexibility index (Phi) is 6.58. The molecule has 1 fully saturated rings. The SMILES string of the molecule is CNCC1CCC(C(C)C)CC1Cc1ccc(Br)cc1Cl. The maximum absolute atomic E-state index is 6.43. The molecule has 1 aromatic carbocycles. The van der Waals surface area contributed by atoms with E-state index in [4.69, 9.17) is 11.6 Å². The molecule has 0 bridgehead atoms. The molecular formula is C18H27BrClN. The van der Waals surface area contributed by atoms with Crippen LogP contribution in [0.1, 0.15) is 38.7 Å². The van der Waals surface area contributed by atoms with Gasteiger partial charge < -0.3 is 5.32 Å². The largest absolute Gasteiger partial charge is 0.319 e. The molecule has 118 valence electrons. The highest BCUT2D eigenvalue weighted by Gasteiger charge is 2.31. The zero-order chi connectivity index (χ0) is 15.4. The summed E-state index contributed by atoms with van der Waals surface area (Å²) in [7, 11) is 2.07. The van der Waals surface area contributed by atoms with Crippen molar-refractivity contribution in [1.29, 1.82) is 0 Å². The van der Waals surface area contributed by atoms with Crippen LogP contribution in [0.2, 0.25) is 5.02 Å². The third kappa shape index (κ3) is 4.71. The van der Waals surface area contributed by atoms with Gasteiger partial charge in [0, 0.05) is 9.50 Å². The van der Waals surface area contributed by atoms with E-state index in [0.29, 0.717) is 0 Å². The van der Waals surface area contributed by atoms with E-state index in [0.717, 1.165) is 46.1 Å². The maximum atomic E-state index is 6.43. The van der Waals surface area contributed by atoms with Gasteiger partial charge in [0.2, 0.25) is 0 Å². The Balaban J connectivity index is 2.11. The second kappa shape index (κ2) is 7.99. The molecule has 1 aromatic rings. The Bertz CT molecular complexity index is 461. The lowest BCUT2D eigenvalue weighted by atomic mass is 9.68. The lowest BCUT2D eigenvalue weighted by Crippen LogP contribution is -2.34. The summed E-state index contributed by atoms with van der Waals surface area (Å²) >= 11 is 9.92. The molecule has 0 aromatic heterocycles. The number of benzene rings is 1. The summed E-state index contributed by atoms with van der Waals surface area (Å²) in [5.41, 5.74) is 1.30. The molecule has 21 heavy (non-hydrogen) atoms. The van der Waals surface area contributed by atoms with Crippen molar-refractivity contribution in [3.63, 3.8) is 0 Å². The average Bonchev–Trinajstić information content (AvgIpc) is 2.43. The van der Waals surface area contributed by atoms with Gasteiger partial charge in [-0.25, -0.2) is 0 Å². The van der Waals surface area contributed by atoms with E-state index < -0.39 is 0 Å². The maximum Gasteiger partial charge on any atom is 0.0449 e. The zero-order valence-electron chi connectivity index (χ0n) is 13.3. The predicted octanol–water partition coefficient (Wildman–Crippen LogP) is 5.55. The van der Waals surface area contributed by atoms with Crippen molar-refractivity contribution in [2.75, 3.05) is 13.6 Å². The minimum Gasteiger partial charge on any atom is -0.319 e. The summed E-state index contributed by atoms with van der Waals surface area (Å²) in [6.45, 7) is 5.86. The van der Waals surface area contributed by atoms with Crippen LogP contribution in [0.5, 0.6) is 0 Å². The molecule has 0 spiro atoms. The second-order valence-electron chi connectivity index (χ2n) is 6.83. The molecule has 3 unspecified atom stereocenters. The van der Waals surface area contributed by atoms with Crippen LogP contribution in [-0.2, 0) is 6.42 Å². The van der Waals surface area contributed by atoms with Crippen LogP contribution in [0, 0.1) is 23.7 Å². The molecule has 2 rings (SSSR count). The first kappa shape index (κ1) is 17.3. The van der Waals surface area contributed by atoms with Crippen LogP contribution in [-0.4, -0.2) is 13.6 Å². The van der Waals surface area contributed by atoms with Crippen molar-refractivity contribution in [3.8, 4) is 0 Å². The number of hydrogen-bond donors (Lipinski definition) is 1. The standard InChI is InChI=1S/C18H27BrClN/c1-12(2)13-4-5-15(11-21-3)16(8-13)9-14-6-7-17(19)10-18(14)20/h6-7,10,12-13,15-16,21H,4-5,8-9,11H2,1-3H3. The first-order valence-electron chi connectivity index (χ1n) is 8.09. The highest BCUT2D eigenvalue weighted by molar-refractivity contribution is 9.10. The van der Waals surface area contributed by atoms with Crippen LogP contribution in [0.25, 0.3) is 0 Å². The molecule has 0 aliphatic heterocycles. The van der Waals surface area contributed by atoms with Crippen molar-refractivity contribution in [1.82, 2.24) is 5.32 Å². The summed E-state index contributed by atoms with van der Waals surface area (Å²) in [4.78, 5) is 0. The molecule has 0 amide bonds. The van der Waals surface area contributed by atoms with Crippen molar-refractivity contribution >= 4 is 27.5 Å².